The minimum Gasteiger partial charge on any atom is -0.386 e. The third-order valence-electron chi connectivity index (χ3n) is 3.84. The predicted octanol–water partition coefficient (Wildman–Crippen LogP) is 3.32. The first-order chi connectivity index (χ1) is 8.33. The van der Waals surface area contributed by atoms with Gasteiger partial charge in [-0.1, -0.05) is 49.6 Å². The lowest BCUT2D eigenvalue weighted by atomic mass is 9.82. The summed E-state index contributed by atoms with van der Waals surface area (Å²) in [5, 5.41) is 10.4. The monoisotopic (exact) mass is 234 g/mol. The standard InChI is InChI=1S/C15H22O2/c1-17-15(13-10-6-3-7-11-13)14(16)12-8-4-2-5-9-12/h2,4-5,8-9,13-16H,3,6-7,10-11H2,1H3. The quantitative estimate of drug-likeness (QED) is 0.866. The molecule has 0 aliphatic heterocycles. The molecule has 1 aromatic rings. The van der Waals surface area contributed by atoms with Crippen molar-refractivity contribution in [3.8, 4) is 0 Å². The molecule has 0 spiro atoms. The molecular formula is C15H22O2. The van der Waals surface area contributed by atoms with Gasteiger partial charge in [-0.25, -0.2) is 0 Å². The van der Waals surface area contributed by atoms with Gasteiger partial charge in [-0.05, 0) is 24.3 Å². The third kappa shape index (κ3) is 3.08. The van der Waals surface area contributed by atoms with Gasteiger partial charge >= 0.3 is 0 Å². The molecule has 2 unspecified atom stereocenters. The van der Waals surface area contributed by atoms with E-state index in [9.17, 15) is 5.11 Å². The van der Waals surface area contributed by atoms with Crippen LogP contribution in [-0.2, 0) is 4.74 Å². The Morgan fingerprint density at radius 2 is 1.76 bits per heavy atom. The van der Waals surface area contributed by atoms with Crippen LogP contribution >= 0.6 is 0 Å². The van der Waals surface area contributed by atoms with Crippen LogP contribution in [0.5, 0.6) is 0 Å². The Bertz CT molecular complexity index is 317. The molecule has 0 aromatic heterocycles. The maximum atomic E-state index is 10.4. The number of benzene rings is 1. The van der Waals surface area contributed by atoms with E-state index in [0.29, 0.717) is 5.92 Å². The normalized spacial score (nSPS) is 21.1. The van der Waals surface area contributed by atoms with Gasteiger partial charge < -0.3 is 9.84 Å². The van der Waals surface area contributed by atoms with Gasteiger partial charge in [0.15, 0.2) is 0 Å². The topological polar surface area (TPSA) is 29.5 Å². The molecule has 1 N–H and O–H groups in total. The fraction of sp³-hybridized carbons (Fsp3) is 0.600. The number of aliphatic hydroxyl groups excluding tert-OH is 1. The molecule has 0 bridgehead atoms. The van der Waals surface area contributed by atoms with Crippen molar-refractivity contribution < 1.29 is 9.84 Å². The maximum absolute atomic E-state index is 10.4. The van der Waals surface area contributed by atoms with Gasteiger partial charge in [0.1, 0.15) is 6.10 Å². The Labute approximate surface area is 104 Å². The molecule has 2 atom stereocenters. The Balaban J connectivity index is 2.06. The minimum atomic E-state index is -0.496. The molecule has 1 aromatic carbocycles. The number of rotatable bonds is 4. The van der Waals surface area contributed by atoms with Gasteiger partial charge in [0.25, 0.3) is 0 Å². The summed E-state index contributed by atoms with van der Waals surface area (Å²) in [5.74, 6) is 0.504. The fourth-order valence-corrected chi connectivity index (χ4v) is 2.88. The first-order valence-electron chi connectivity index (χ1n) is 6.58. The van der Waals surface area contributed by atoms with Crippen LogP contribution in [0, 0.1) is 5.92 Å². The Morgan fingerprint density at radius 3 is 2.35 bits per heavy atom. The second kappa shape index (κ2) is 6.18. The zero-order valence-electron chi connectivity index (χ0n) is 10.5. The largest absolute Gasteiger partial charge is 0.386 e. The molecule has 2 heteroatoms. The summed E-state index contributed by atoms with van der Waals surface area (Å²) in [4.78, 5) is 0. The molecule has 17 heavy (non-hydrogen) atoms. The first kappa shape index (κ1) is 12.6. The van der Waals surface area contributed by atoms with Crippen LogP contribution in [0.2, 0.25) is 0 Å². The van der Waals surface area contributed by atoms with E-state index in [-0.39, 0.29) is 6.10 Å². The molecule has 2 nitrogen and oxygen atoms in total. The van der Waals surface area contributed by atoms with Gasteiger partial charge in [0, 0.05) is 7.11 Å². The number of hydrogen-bond acceptors (Lipinski definition) is 2. The molecular weight excluding hydrogens is 212 g/mol. The summed E-state index contributed by atoms with van der Waals surface area (Å²) in [6.45, 7) is 0. The highest BCUT2D eigenvalue weighted by Gasteiger charge is 2.30. The van der Waals surface area contributed by atoms with Crippen molar-refractivity contribution in [1.29, 1.82) is 0 Å². The number of ether oxygens (including phenoxy) is 1. The van der Waals surface area contributed by atoms with Crippen molar-refractivity contribution in [3.05, 3.63) is 35.9 Å². The first-order valence-corrected chi connectivity index (χ1v) is 6.58. The fourth-order valence-electron chi connectivity index (χ4n) is 2.88. The summed E-state index contributed by atoms with van der Waals surface area (Å²) in [5.41, 5.74) is 0.963. The molecule has 0 saturated heterocycles. The number of hydrogen-bond donors (Lipinski definition) is 1. The van der Waals surface area contributed by atoms with E-state index in [4.69, 9.17) is 4.74 Å². The van der Waals surface area contributed by atoms with Crippen molar-refractivity contribution in [2.75, 3.05) is 7.11 Å². The molecule has 1 fully saturated rings. The zero-order valence-corrected chi connectivity index (χ0v) is 10.5. The van der Waals surface area contributed by atoms with Crippen molar-refractivity contribution >= 4 is 0 Å². The van der Waals surface area contributed by atoms with Crippen LogP contribution in [0.1, 0.15) is 43.8 Å². The summed E-state index contributed by atoms with van der Waals surface area (Å²) in [6.07, 6.45) is 5.68. The van der Waals surface area contributed by atoms with Crippen LogP contribution < -0.4 is 0 Å². The van der Waals surface area contributed by atoms with E-state index in [2.05, 4.69) is 0 Å². The van der Waals surface area contributed by atoms with E-state index in [1.54, 1.807) is 7.11 Å². The smallest absolute Gasteiger partial charge is 0.105 e. The molecule has 1 saturated carbocycles. The van der Waals surface area contributed by atoms with Gasteiger partial charge in [0.2, 0.25) is 0 Å². The summed E-state index contributed by atoms with van der Waals surface area (Å²) in [7, 11) is 1.71. The lowest BCUT2D eigenvalue weighted by Crippen LogP contribution is -2.31. The Morgan fingerprint density at radius 1 is 1.12 bits per heavy atom. The van der Waals surface area contributed by atoms with Crippen LogP contribution in [-0.4, -0.2) is 18.3 Å². The van der Waals surface area contributed by atoms with Crippen LogP contribution in [0.15, 0.2) is 30.3 Å². The zero-order chi connectivity index (χ0) is 12.1. The molecule has 1 aliphatic carbocycles. The lowest BCUT2D eigenvalue weighted by Gasteiger charge is -2.32. The van der Waals surface area contributed by atoms with Crippen LogP contribution in [0.4, 0.5) is 0 Å². The highest BCUT2D eigenvalue weighted by Crippen LogP contribution is 2.33. The van der Waals surface area contributed by atoms with Gasteiger partial charge in [0.05, 0.1) is 6.10 Å². The minimum absolute atomic E-state index is 0.0577. The molecule has 0 radical (unpaired) electrons. The van der Waals surface area contributed by atoms with Crippen molar-refractivity contribution in [2.45, 2.75) is 44.3 Å². The second-order valence-electron chi connectivity index (χ2n) is 4.95. The van der Waals surface area contributed by atoms with E-state index < -0.39 is 6.10 Å². The predicted molar refractivity (Wildman–Crippen MR) is 68.8 cm³/mol. The summed E-state index contributed by atoms with van der Waals surface area (Å²) >= 11 is 0. The van der Waals surface area contributed by atoms with E-state index in [1.165, 1.54) is 32.1 Å². The Kier molecular flexibility index (Phi) is 4.57. The van der Waals surface area contributed by atoms with Crippen molar-refractivity contribution in [2.24, 2.45) is 5.92 Å². The molecule has 0 amide bonds. The number of methoxy groups -OCH3 is 1. The van der Waals surface area contributed by atoms with Gasteiger partial charge in [-0.15, -0.1) is 0 Å². The molecule has 1 aliphatic rings. The SMILES string of the molecule is COC(C1CCCCC1)C(O)c1ccccc1. The van der Waals surface area contributed by atoms with Crippen molar-refractivity contribution in [1.82, 2.24) is 0 Å². The van der Waals surface area contributed by atoms with Gasteiger partial charge in [-0.2, -0.15) is 0 Å². The summed E-state index contributed by atoms with van der Waals surface area (Å²) in [6, 6.07) is 9.84. The second-order valence-corrected chi connectivity index (χ2v) is 4.95. The number of aliphatic hydroxyl groups is 1. The van der Waals surface area contributed by atoms with E-state index in [0.717, 1.165) is 5.56 Å². The summed E-state index contributed by atoms with van der Waals surface area (Å²) < 4.78 is 5.56. The molecule has 0 heterocycles. The maximum Gasteiger partial charge on any atom is 0.105 e. The highest BCUT2D eigenvalue weighted by atomic mass is 16.5. The van der Waals surface area contributed by atoms with Crippen LogP contribution in [0.3, 0.4) is 0 Å². The molecule has 94 valence electrons. The Hall–Kier alpha value is -0.860. The average Bonchev–Trinajstić information content (AvgIpc) is 2.42. The average molecular weight is 234 g/mol. The molecule has 2 rings (SSSR count). The van der Waals surface area contributed by atoms with Crippen molar-refractivity contribution in [3.63, 3.8) is 0 Å². The van der Waals surface area contributed by atoms with Gasteiger partial charge in [-0.3, -0.25) is 0 Å². The van der Waals surface area contributed by atoms with E-state index >= 15 is 0 Å². The highest BCUT2D eigenvalue weighted by molar-refractivity contribution is 5.18. The third-order valence-corrected chi connectivity index (χ3v) is 3.84. The van der Waals surface area contributed by atoms with E-state index in [1.807, 2.05) is 30.3 Å². The lowest BCUT2D eigenvalue weighted by molar-refractivity contribution is -0.0559. The van der Waals surface area contributed by atoms with Crippen LogP contribution in [0.25, 0.3) is 0 Å².